The van der Waals surface area contributed by atoms with Gasteiger partial charge in [0, 0.05) is 13.7 Å². The van der Waals surface area contributed by atoms with Crippen molar-refractivity contribution in [2.45, 2.75) is 31.7 Å². The maximum atomic E-state index is 12.1. The molecule has 1 amide bonds. The number of nitrogens with zero attached hydrogens (tertiary/aromatic N) is 1. The second-order valence-electron chi connectivity index (χ2n) is 5.99. The second kappa shape index (κ2) is 5.15. The molecule has 0 bridgehead atoms. The fourth-order valence-electron chi connectivity index (χ4n) is 3.51. The normalized spacial score (nSPS) is 30.9. The summed E-state index contributed by atoms with van der Waals surface area (Å²) in [6.45, 7) is 4.88. The van der Waals surface area contributed by atoms with E-state index >= 15 is 0 Å². The van der Waals surface area contributed by atoms with Crippen LogP contribution in [0.25, 0.3) is 0 Å². The molecule has 2 saturated heterocycles. The van der Waals surface area contributed by atoms with E-state index in [9.17, 15) is 9.90 Å². The number of aliphatic hydroxyl groups excluding tert-OH is 1. The summed E-state index contributed by atoms with van der Waals surface area (Å²) in [5.74, 6) is -0.00976. The molecule has 2 heterocycles. The number of nitrogens with one attached hydrogen (secondary N) is 1. The standard InChI is InChI=1S/C13H24N2O3/c1-12(10-16)8-13(3-5-14-6-4-13)9-15(12)11(17)7-18-2/h14,16H,3-10H2,1-2H3/t12-/m0/s1. The van der Waals surface area contributed by atoms with Crippen molar-refractivity contribution in [2.24, 2.45) is 5.41 Å². The minimum Gasteiger partial charge on any atom is -0.394 e. The Morgan fingerprint density at radius 2 is 2.11 bits per heavy atom. The summed E-state index contributed by atoms with van der Waals surface area (Å²) in [5.41, 5.74) is -0.237. The summed E-state index contributed by atoms with van der Waals surface area (Å²) in [6, 6.07) is 0. The smallest absolute Gasteiger partial charge is 0.249 e. The van der Waals surface area contributed by atoms with Gasteiger partial charge in [0.05, 0.1) is 12.1 Å². The summed E-state index contributed by atoms with van der Waals surface area (Å²) in [6.07, 6.45) is 3.06. The summed E-state index contributed by atoms with van der Waals surface area (Å²) in [4.78, 5) is 14.0. The van der Waals surface area contributed by atoms with Gasteiger partial charge >= 0.3 is 0 Å². The summed E-state index contributed by atoms with van der Waals surface area (Å²) < 4.78 is 4.94. The zero-order chi connectivity index (χ0) is 13.2. The highest BCUT2D eigenvalue weighted by atomic mass is 16.5. The number of methoxy groups -OCH3 is 1. The molecule has 0 aromatic carbocycles. The number of hydrogen-bond donors (Lipinski definition) is 2. The maximum Gasteiger partial charge on any atom is 0.249 e. The number of amides is 1. The van der Waals surface area contributed by atoms with Crippen LogP contribution >= 0.6 is 0 Å². The Balaban J connectivity index is 2.15. The van der Waals surface area contributed by atoms with Gasteiger partial charge in [-0.25, -0.2) is 0 Å². The van der Waals surface area contributed by atoms with E-state index in [0.717, 1.165) is 38.9 Å². The Hall–Kier alpha value is -0.650. The third kappa shape index (κ3) is 2.39. The molecule has 2 fully saturated rings. The van der Waals surface area contributed by atoms with E-state index in [4.69, 9.17) is 4.74 Å². The lowest BCUT2D eigenvalue weighted by Gasteiger charge is -2.33. The monoisotopic (exact) mass is 256 g/mol. The molecule has 2 aliphatic rings. The molecule has 0 radical (unpaired) electrons. The van der Waals surface area contributed by atoms with Crippen molar-refractivity contribution < 1.29 is 14.6 Å². The van der Waals surface area contributed by atoms with Crippen molar-refractivity contribution in [3.63, 3.8) is 0 Å². The predicted octanol–water partition coefficient (Wildman–Crippen LogP) is -0.0141. The lowest BCUT2D eigenvalue weighted by Crippen LogP contribution is -2.49. The van der Waals surface area contributed by atoms with Crippen LogP contribution in [0.1, 0.15) is 26.2 Å². The molecular weight excluding hydrogens is 232 g/mol. The molecule has 0 aliphatic carbocycles. The lowest BCUT2D eigenvalue weighted by atomic mass is 9.75. The van der Waals surface area contributed by atoms with Crippen molar-refractivity contribution in [3.8, 4) is 0 Å². The fraction of sp³-hybridized carbons (Fsp3) is 0.923. The number of ether oxygens (including phenoxy) is 1. The van der Waals surface area contributed by atoms with Crippen LogP contribution in [0.5, 0.6) is 0 Å². The van der Waals surface area contributed by atoms with Gasteiger partial charge in [-0.15, -0.1) is 0 Å². The van der Waals surface area contributed by atoms with Crippen LogP contribution < -0.4 is 5.32 Å². The first-order valence-electron chi connectivity index (χ1n) is 6.66. The van der Waals surface area contributed by atoms with E-state index in [1.165, 1.54) is 7.11 Å². The number of rotatable bonds is 3. The number of piperidine rings is 1. The first-order chi connectivity index (χ1) is 8.55. The molecule has 1 spiro atoms. The quantitative estimate of drug-likeness (QED) is 0.745. The van der Waals surface area contributed by atoms with Gasteiger partial charge in [0.15, 0.2) is 0 Å². The van der Waals surface area contributed by atoms with Crippen molar-refractivity contribution in [1.82, 2.24) is 10.2 Å². The van der Waals surface area contributed by atoms with Gasteiger partial charge < -0.3 is 20.1 Å². The third-order valence-electron chi connectivity index (χ3n) is 4.47. The number of likely N-dealkylation sites (tertiary alicyclic amines) is 1. The predicted molar refractivity (Wildman–Crippen MR) is 68.2 cm³/mol. The highest BCUT2D eigenvalue weighted by Crippen LogP contribution is 2.46. The van der Waals surface area contributed by atoms with Gasteiger partial charge in [0.1, 0.15) is 6.61 Å². The van der Waals surface area contributed by atoms with E-state index in [2.05, 4.69) is 5.32 Å². The molecule has 0 aromatic heterocycles. The molecule has 2 aliphatic heterocycles. The molecule has 104 valence electrons. The van der Waals surface area contributed by atoms with Crippen LogP contribution in [0, 0.1) is 5.41 Å². The molecule has 5 nitrogen and oxygen atoms in total. The number of carbonyl (C=O) groups excluding carboxylic acids is 1. The van der Waals surface area contributed by atoms with E-state index in [1.807, 2.05) is 11.8 Å². The Labute approximate surface area is 108 Å². The van der Waals surface area contributed by atoms with E-state index in [0.29, 0.717) is 0 Å². The molecular formula is C13H24N2O3. The minimum atomic E-state index is -0.424. The third-order valence-corrected chi connectivity index (χ3v) is 4.47. The molecule has 0 unspecified atom stereocenters. The van der Waals surface area contributed by atoms with Crippen molar-refractivity contribution in [3.05, 3.63) is 0 Å². The number of carbonyl (C=O) groups is 1. The average Bonchev–Trinajstić information content (AvgIpc) is 2.65. The van der Waals surface area contributed by atoms with E-state index in [-0.39, 0.29) is 24.5 Å². The van der Waals surface area contributed by atoms with Crippen LogP contribution in [0.15, 0.2) is 0 Å². The van der Waals surface area contributed by atoms with Crippen LogP contribution in [0.2, 0.25) is 0 Å². The summed E-state index contributed by atoms with van der Waals surface area (Å²) >= 11 is 0. The molecule has 1 atom stereocenters. The van der Waals surface area contributed by atoms with E-state index in [1.54, 1.807) is 0 Å². The Morgan fingerprint density at radius 3 is 2.67 bits per heavy atom. The van der Waals surface area contributed by atoms with Gasteiger partial charge in [-0.1, -0.05) is 0 Å². The van der Waals surface area contributed by atoms with Crippen molar-refractivity contribution in [2.75, 3.05) is 40.0 Å². The lowest BCUT2D eigenvalue weighted by molar-refractivity contribution is -0.140. The SMILES string of the molecule is COCC(=O)N1CC2(CCNCC2)C[C@@]1(C)CO. The minimum absolute atomic E-state index is 0.00976. The largest absolute Gasteiger partial charge is 0.394 e. The van der Waals surface area contributed by atoms with Gasteiger partial charge in [0.2, 0.25) is 5.91 Å². The van der Waals surface area contributed by atoms with Gasteiger partial charge in [-0.3, -0.25) is 4.79 Å². The summed E-state index contributed by atoms with van der Waals surface area (Å²) in [7, 11) is 1.53. The van der Waals surface area contributed by atoms with Gasteiger partial charge in [-0.2, -0.15) is 0 Å². The fourth-order valence-corrected chi connectivity index (χ4v) is 3.51. The summed E-state index contributed by atoms with van der Waals surface area (Å²) in [5, 5.41) is 13.0. The number of hydrogen-bond acceptors (Lipinski definition) is 4. The zero-order valence-electron chi connectivity index (χ0n) is 11.4. The first kappa shape index (κ1) is 13.8. The van der Waals surface area contributed by atoms with Crippen molar-refractivity contribution in [1.29, 1.82) is 0 Å². The maximum absolute atomic E-state index is 12.1. The van der Waals surface area contributed by atoms with Gasteiger partial charge in [0.25, 0.3) is 0 Å². The molecule has 18 heavy (non-hydrogen) atoms. The molecule has 0 saturated carbocycles. The Bertz CT molecular complexity index is 315. The van der Waals surface area contributed by atoms with E-state index < -0.39 is 5.54 Å². The Morgan fingerprint density at radius 1 is 1.44 bits per heavy atom. The molecule has 5 heteroatoms. The average molecular weight is 256 g/mol. The van der Waals surface area contributed by atoms with Crippen LogP contribution in [0.4, 0.5) is 0 Å². The highest BCUT2D eigenvalue weighted by Gasteiger charge is 2.52. The van der Waals surface area contributed by atoms with Crippen LogP contribution in [-0.4, -0.2) is 61.4 Å². The second-order valence-corrected chi connectivity index (χ2v) is 5.99. The molecule has 2 N–H and O–H groups in total. The first-order valence-corrected chi connectivity index (χ1v) is 6.66. The topological polar surface area (TPSA) is 61.8 Å². The van der Waals surface area contributed by atoms with Gasteiger partial charge in [-0.05, 0) is 44.7 Å². The van der Waals surface area contributed by atoms with Crippen LogP contribution in [0.3, 0.4) is 0 Å². The number of aliphatic hydroxyl groups is 1. The van der Waals surface area contributed by atoms with Crippen LogP contribution in [-0.2, 0) is 9.53 Å². The van der Waals surface area contributed by atoms with Crippen molar-refractivity contribution >= 4 is 5.91 Å². The molecule has 0 aromatic rings. The molecule has 2 rings (SSSR count). The zero-order valence-corrected chi connectivity index (χ0v) is 11.4. The highest BCUT2D eigenvalue weighted by molar-refractivity contribution is 5.78. The Kier molecular flexibility index (Phi) is 3.94.